The van der Waals surface area contributed by atoms with Crippen LogP contribution in [0.2, 0.25) is 5.02 Å². The van der Waals surface area contributed by atoms with Gasteiger partial charge < -0.3 is 4.90 Å². The molecule has 16 heavy (non-hydrogen) atoms. The van der Waals surface area contributed by atoms with E-state index in [0.717, 1.165) is 34.6 Å². The summed E-state index contributed by atoms with van der Waals surface area (Å²) in [7, 11) is 0. The zero-order valence-corrected chi connectivity index (χ0v) is 12.7. The molecule has 2 rings (SSSR count). The van der Waals surface area contributed by atoms with Crippen molar-refractivity contribution in [2.24, 2.45) is 5.92 Å². The van der Waals surface area contributed by atoms with Crippen LogP contribution in [0.5, 0.6) is 0 Å². The van der Waals surface area contributed by atoms with Gasteiger partial charge in [0, 0.05) is 24.6 Å². The van der Waals surface area contributed by atoms with Gasteiger partial charge in [-0.1, -0.05) is 27.5 Å². The minimum Gasteiger partial charge on any atom is -0.355 e. The molecular formula is C11H13Br2ClN2. The lowest BCUT2D eigenvalue weighted by atomic mass is 10.1. The standard InChI is InChI=1S/C11H13Br2ClN2/c12-3-1-8-2-4-16(7-8)11-10(13)5-9(14)6-15-11/h5-6,8H,1-4,7H2. The van der Waals surface area contributed by atoms with Gasteiger partial charge in [0.2, 0.25) is 0 Å². The molecule has 1 unspecified atom stereocenters. The van der Waals surface area contributed by atoms with Crippen molar-refractivity contribution in [2.45, 2.75) is 12.8 Å². The molecule has 1 aromatic rings. The topological polar surface area (TPSA) is 16.1 Å². The average molecular weight is 368 g/mol. The molecule has 5 heteroatoms. The van der Waals surface area contributed by atoms with Gasteiger partial charge in [-0.25, -0.2) is 4.98 Å². The van der Waals surface area contributed by atoms with E-state index >= 15 is 0 Å². The number of aromatic nitrogens is 1. The fourth-order valence-electron chi connectivity index (χ4n) is 2.06. The van der Waals surface area contributed by atoms with Crippen LogP contribution in [0.15, 0.2) is 16.7 Å². The van der Waals surface area contributed by atoms with E-state index < -0.39 is 0 Å². The molecule has 0 amide bonds. The molecule has 0 radical (unpaired) electrons. The predicted molar refractivity (Wildman–Crippen MR) is 75.7 cm³/mol. The third-order valence-electron chi connectivity index (χ3n) is 2.89. The minimum atomic E-state index is 0.673. The van der Waals surface area contributed by atoms with Crippen LogP contribution in [0.3, 0.4) is 0 Å². The molecular weight excluding hydrogens is 355 g/mol. The number of pyridine rings is 1. The first-order valence-corrected chi connectivity index (χ1v) is 7.62. The lowest BCUT2D eigenvalue weighted by molar-refractivity contribution is 0.575. The summed E-state index contributed by atoms with van der Waals surface area (Å²) in [5.74, 6) is 1.80. The second kappa shape index (κ2) is 5.69. The molecule has 1 aromatic heterocycles. The normalized spacial score (nSPS) is 20.4. The van der Waals surface area contributed by atoms with Crippen molar-refractivity contribution in [3.8, 4) is 0 Å². The summed E-state index contributed by atoms with van der Waals surface area (Å²) in [5.41, 5.74) is 0. The second-order valence-corrected chi connectivity index (χ2v) is 6.12. The molecule has 1 fully saturated rings. The van der Waals surface area contributed by atoms with Crippen molar-refractivity contribution in [2.75, 3.05) is 23.3 Å². The van der Waals surface area contributed by atoms with Gasteiger partial charge in [-0.3, -0.25) is 0 Å². The Morgan fingerprint density at radius 2 is 2.38 bits per heavy atom. The van der Waals surface area contributed by atoms with Crippen LogP contribution in [0.1, 0.15) is 12.8 Å². The van der Waals surface area contributed by atoms with Gasteiger partial charge >= 0.3 is 0 Å². The minimum absolute atomic E-state index is 0.673. The highest BCUT2D eigenvalue weighted by molar-refractivity contribution is 9.10. The number of alkyl halides is 1. The summed E-state index contributed by atoms with van der Waals surface area (Å²) in [4.78, 5) is 6.72. The number of halogens is 3. The van der Waals surface area contributed by atoms with E-state index in [1.807, 2.05) is 6.07 Å². The Bertz CT molecular complexity index is 373. The monoisotopic (exact) mass is 366 g/mol. The van der Waals surface area contributed by atoms with Gasteiger partial charge in [-0.05, 0) is 40.8 Å². The van der Waals surface area contributed by atoms with E-state index in [2.05, 4.69) is 41.7 Å². The van der Waals surface area contributed by atoms with Crippen molar-refractivity contribution in [1.29, 1.82) is 0 Å². The Morgan fingerprint density at radius 3 is 3.06 bits per heavy atom. The summed E-state index contributed by atoms with van der Waals surface area (Å²) >= 11 is 12.9. The molecule has 1 aliphatic heterocycles. The molecule has 1 saturated heterocycles. The Morgan fingerprint density at radius 1 is 1.56 bits per heavy atom. The highest BCUT2D eigenvalue weighted by Gasteiger charge is 2.24. The van der Waals surface area contributed by atoms with E-state index in [-0.39, 0.29) is 0 Å². The van der Waals surface area contributed by atoms with E-state index in [9.17, 15) is 0 Å². The molecule has 0 saturated carbocycles. The van der Waals surface area contributed by atoms with Crippen LogP contribution < -0.4 is 4.90 Å². The Balaban J connectivity index is 2.08. The first kappa shape index (κ1) is 12.7. The quantitative estimate of drug-likeness (QED) is 0.747. The molecule has 1 atom stereocenters. The molecule has 0 spiro atoms. The molecule has 2 heterocycles. The van der Waals surface area contributed by atoms with E-state index in [1.54, 1.807) is 6.20 Å². The number of rotatable bonds is 3. The van der Waals surface area contributed by atoms with E-state index in [1.165, 1.54) is 12.8 Å². The second-order valence-electron chi connectivity index (χ2n) is 4.04. The van der Waals surface area contributed by atoms with Gasteiger partial charge in [-0.2, -0.15) is 0 Å². The Labute approximate surface area is 118 Å². The summed E-state index contributed by atoms with van der Waals surface area (Å²) in [6.07, 6.45) is 4.20. The van der Waals surface area contributed by atoms with Crippen LogP contribution >= 0.6 is 43.5 Å². The molecule has 0 N–H and O–H groups in total. The smallest absolute Gasteiger partial charge is 0.142 e. The number of hydrogen-bond acceptors (Lipinski definition) is 2. The van der Waals surface area contributed by atoms with Crippen LogP contribution in [0, 0.1) is 5.92 Å². The van der Waals surface area contributed by atoms with Gasteiger partial charge in [0.05, 0.1) is 9.50 Å². The van der Waals surface area contributed by atoms with Gasteiger partial charge in [0.15, 0.2) is 0 Å². The van der Waals surface area contributed by atoms with Crippen molar-refractivity contribution >= 4 is 49.3 Å². The van der Waals surface area contributed by atoms with Crippen LogP contribution in [-0.4, -0.2) is 23.4 Å². The van der Waals surface area contributed by atoms with Crippen LogP contribution in [0.25, 0.3) is 0 Å². The number of hydrogen-bond donors (Lipinski definition) is 0. The summed E-state index contributed by atoms with van der Waals surface area (Å²) in [6, 6.07) is 1.90. The SMILES string of the molecule is Clc1cnc(N2CCC(CCBr)C2)c(Br)c1. The molecule has 0 bridgehead atoms. The zero-order chi connectivity index (χ0) is 11.5. The summed E-state index contributed by atoms with van der Waals surface area (Å²) < 4.78 is 0.986. The maximum atomic E-state index is 5.88. The molecule has 0 aromatic carbocycles. The fourth-order valence-corrected chi connectivity index (χ4v) is 3.59. The van der Waals surface area contributed by atoms with Crippen molar-refractivity contribution < 1.29 is 0 Å². The third-order valence-corrected chi connectivity index (χ3v) is 4.14. The predicted octanol–water partition coefficient (Wildman–Crippen LogP) is 4.11. The van der Waals surface area contributed by atoms with Gasteiger partial charge in [0.25, 0.3) is 0 Å². The van der Waals surface area contributed by atoms with Gasteiger partial charge in [-0.15, -0.1) is 0 Å². The fraction of sp³-hybridized carbons (Fsp3) is 0.545. The summed E-state index contributed by atoms with van der Waals surface area (Å²) in [6.45, 7) is 2.18. The molecule has 88 valence electrons. The van der Waals surface area contributed by atoms with E-state index in [0.29, 0.717) is 5.02 Å². The zero-order valence-electron chi connectivity index (χ0n) is 8.80. The maximum absolute atomic E-state index is 5.88. The third kappa shape index (κ3) is 2.90. The molecule has 0 aliphatic carbocycles. The highest BCUT2D eigenvalue weighted by Crippen LogP contribution is 2.31. The van der Waals surface area contributed by atoms with Gasteiger partial charge in [0.1, 0.15) is 5.82 Å². The first-order chi connectivity index (χ1) is 7.70. The Kier molecular flexibility index (Phi) is 4.50. The number of anilines is 1. The first-order valence-electron chi connectivity index (χ1n) is 5.32. The van der Waals surface area contributed by atoms with E-state index in [4.69, 9.17) is 11.6 Å². The van der Waals surface area contributed by atoms with Crippen molar-refractivity contribution in [3.05, 3.63) is 21.8 Å². The summed E-state index contributed by atoms with van der Waals surface area (Å²) in [5, 5.41) is 1.76. The van der Waals surface area contributed by atoms with Crippen LogP contribution in [-0.2, 0) is 0 Å². The highest BCUT2D eigenvalue weighted by atomic mass is 79.9. The number of nitrogens with zero attached hydrogens (tertiary/aromatic N) is 2. The average Bonchev–Trinajstić information content (AvgIpc) is 2.67. The van der Waals surface area contributed by atoms with Crippen molar-refractivity contribution in [3.63, 3.8) is 0 Å². The molecule has 1 aliphatic rings. The Hall–Kier alpha value is 0.200. The van der Waals surface area contributed by atoms with Crippen molar-refractivity contribution in [1.82, 2.24) is 4.98 Å². The largest absolute Gasteiger partial charge is 0.355 e. The van der Waals surface area contributed by atoms with Crippen LogP contribution in [0.4, 0.5) is 5.82 Å². The lowest BCUT2D eigenvalue weighted by Gasteiger charge is -2.18. The maximum Gasteiger partial charge on any atom is 0.142 e. The molecule has 2 nitrogen and oxygen atoms in total. The lowest BCUT2D eigenvalue weighted by Crippen LogP contribution is -2.21.